The molecule has 33 heavy (non-hydrogen) atoms. The first-order chi connectivity index (χ1) is 16.0. The summed E-state index contributed by atoms with van der Waals surface area (Å²) in [6.45, 7) is 10.1. The zero-order valence-corrected chi connectivity index (χ0v) is 20.8. The normalized spacial score (nSPS) is 28.3. The summed E-state index contributed by atoms with van der Waals surface area (Å²) in [4.78, 5) is 33.2. The highest BCUT2D eigenvalue weighted by Crippen LogP contribution is 2.32. The van der Waals surface area contributed by atoms with E-state index in [2.05, 4.69) is 21.6 Å². The van der Waals surface area contributed by atoms with Crippen molar-refractivity contribution in [2.45, 2.75) is 83.0 Å². The molecular weight excluding hydrogens is 420 g/mol. The molecule has 3 saturated heterocycles. The van der Waals surface area contributed by atoms with Gasteiger partial charge in [-0.3, -0.25) is 9.69 Å². The van der Waals surface area contributed by atoms with Gasteiger partial charge < -0.3 is 24.2 Å². The van der Waals surface area contributed by atoms with Gasteiger partial charge in [-0.2, -0.15) is 0 Å². The molecule has 0 N–H and O–H groups in total. The molecule has 8 nitrogen and oxygen atoms in total. The van der Waals surface area contributed by atoms with E-state index in [4.69, 9.17) is 9.47 Å². The Balaban J connectivity index is 1.10. The molecular formula is C25H44N4O4. The number of ether oxygens (including phenoxy) is 2. The average Bonchev–Trinajstić information content (AvgIpc) is 3.64. The Morgan fingerprint density at radius 1 is 0.939 bits per heavy atom. The van der Waals surface area contributed by atoms with Gasteiger partial charge in [0.1, 0.15) is 0 Å². The second kappa shape index (κ2) is 11.8. The third-order valence-corrected chi connectivity index (χ3v) is 8.18. The predicted molar refractivity (Wildman–Crippen MR) is 127 cm³/mol. The molecule has 0 bridgehead atoms. The van der Waals surface area contributed by atoms with Gasteiger partial charge in [0.15, 0.2) is 6.23 Å². The Morgan fingerprint density at radius 3 is 2.33 bits per heavy atom. The number of amides is 1. The fraction of sp³-hybridized carbons (Fsp3) is 0.920. The molecule has 8 heteroatoms. The Hall–Kier alpha value is -1.38. The van der Waals surface area contributed by atoms with Crippen LogP contribution < -0.4 is 0 Å². The van der Waals surface area contributed by atoms with Gasteiger partial charge in [-0.1, -0.05) is 12.8 Å². The van der Waals surface area contributed by atoms with Crippen LogP contribution in [0.3, 0.4) is 0 Å². The summed E-state index contributed by atoms with van der Waals surface area (Å²) < 4.78 is 10.5. The van der Waals surface area contributed by atoms with Crippen LogP contribution in [0.5, 0.6) is 0 Å². The highest BCUT2D eigenvalue weighted by atomic mass is 16.6. The molecule has 1 amide bonds. The third kappa shape index (κ3) is 6.83. The summed E-state index contributed by atoms with van der Waals surface area (Å²) in [7, 11) is 1.44. The fourth-order valence-electron chi connectivity index (χ4n) is 5.82. The average molecular weight is 465 g/mol. The van der Waals surface area contributed by atoms with Crippen molar-refractivity contribution in [2.24, 2.45) is 5.92 Å². The van der Waals surface area contributed by atoms with E-state index in [9.17, 15) is 9.59 Å². The summed E-state index contributed by atoms with van der Waals surface area (Å²) in [5.41, 5.74) is 0. The van der Waals surface area contributed by atoms with Crippen LogP contribution in [0, 0.1) is 5.92 Å². The summed E-state index contributed by atoms with van der Waals surface area (Å²) in [5, 5.41) is 0. The molecule has 0 radical (unpaired) electrons. The van der Waals surface area contributed by atoms with Gasteiger partial charge in [0, 0.05) is 45.2 Å². The third-order valence-electron chi connectivity index (χ3n) is 8.18. The molecule has 2 unspecified atom stereocenters. The maximum atomic E-state index is 12.6. The van der Waals surface area contributed by atoms with E-state index in [1.165, 1.54) is 58.7 Å². The summed E-state index contributed by atoms with van der Waals surface area (Å²) in [6, 6.07) is 1.02. The van der Waals surface area contributed by atoms with E-state index in [0.29, 0.717) is 6.42 Å². The first-order valence-electron chi connectivity index (χ1n) is 13.3. The second-order valence-corrected chi connectivity index (χ2v) is 10.5. The maximum absolute atomic E-state index is 12.6. The highest BCUT2D eigenvalue weighted by Gasteiger charge is 2.42. The van der Waals surface area contributed by atoms with Crippen molar-refractivity contribution < 1.29 is 19.1 Å². The summed E-state index contributed by atoms with van der Waals surface area (Å²) >= 11 is 0. The Kier molecular flexibility index (Phi) is 8.88. The van der Waals surface area contributed by atoms with Gasteiger partial charge in [0.25, 0.3) is 0 Å². The zero-order valence-electron chi connectivity index (χ0n) is 20.8. The van der Waals surface area contributed by atoms with Crippen LogP contribution in [0.25, 0.3) is 0 Å². The number of carbonyl (C=O) groups is 2. The van der Waals surface area contributed by atoms with Gasteiger partial charge in [0.2, 0.25) is 0 Å². The number of esters is 1. The zero-order chi connectivity index (χ0) is 23.2. The lowest BCUT2D eigenvalue weighted by molar-refractivity contribution is -0.140. The lowest BCUT2D eigenvalue weighted by Gasteiger charge is -2.38. The number of likely N-dealkylation sites (tertiary alicyclic amines) is 1. The molecule has 0 aromatic rings. The second-order valence-electron chi connectivity index (χ2n) is 10.5. The number of hydrogen-bond acceptors (Lipinski definition) is 7. The number of methoxy groups -OCH3 is 1. The van der Waals surface area contributed by atoms with Gasteiger partial charge in [0.05, 0.1) is 13.2 Å². The molecule has 188 valence electrons. The lowest BCUT2D eigenvalue weighted by Crippen LogP contribution is -2.53. The molecule has 0 spiro atoms. The summed E-state index contributed by atoms with van der Waals surface area (Å²) in [6.07, 6.45) is 10.2. The molecule has 4 rings (SSSR count). The number of cyclic esters (lactones) is 1. The van der Waals surface area contributed by atoms with E-state index < -0.39 is 0 Å². The Bertz CT molecular complexity index is 642. The van der Waals surface area contributed by atoms with Crippen LogP contribution in [0.1, 0.15) is 64.7 Å². The minimum Gasteiger partial charge on any atom is -0.469 e. The predicted octanol–water partition coefficient (Wildman–Crippen LogP) is 2.77. The van der Waals surface area contributed by atoms with Crippen LogP contribution in [0.15, 0.2) is 0 Å². The van der Waals surface area contributed by atoms with Gasteiger partial charge in [-0.15, -0.1) is 0 Å². The van der Waals surface area contributed by atoms with Crippen molar-refractivity contribution in [1.82, 2.24) is 19.6 Å². The number of carbonyl (C=O) groups excluding carboxylic acids is 2. The first kappa shape index (κ1) is 24.7. The first-order valence-corrected chi connectivity index (χ1v) is 13.3. The van der Waals surface area contributed by atoms with Gasteiger partial charge in [-0.25, -0.2) is 4.79 Å². The molecule has 2 atom stereocenters. The van der Waals surface area contributed by atoms with E-state index in [0.717, 1.165) is 64.1 Å². The minimum absolute atomic E-state index is 0.102. The van der Waals surface area contributed by atoms with E-state index in [1.807, 2.05) is 4.90 Å². The smallest absolute Gasteiger partial charge is 0.411 e. The van der Waals surface area contributed by atoms with E-state index in [-0.39, 0.29) is 24.3 Å². The lowest BCUT2D eigenvalue weighted by atomic mass is 9.91. The van der Waals surface area contributed by atoms with Crippen molar-refractivity contribution in [1.29, 1.82) is 0 Å². The minimum atomic E-state index is -0.147. The Morgan fingerprint density at radius 2 is 1.67 bits per heavy atom. The number of piperazine rings is 1. The van der Waals surface area contributed by atoms with E-state index in [1.54, 1.807) is 0 Å². The van der Waals surface area contributed by atoms with Gasteiger partial charge in [-0.05, 0) is 71.0 Å². The molecule has 4 fully saturated rings. The largest absolute Gasteiger partial charge is 0.469 e. The van der Waals surface area contributed by atoms with Crippen LogP contribution in [-0.4, -0.2) is 109 Å². The summed E-state index contributed by atoms with van der Waals surface area (Å²) in [5.74, 6) is 0.735. The maximum Gasteiger partial charge on any atom is 0.411 e. The van der Waals surface area contributed by atoms with Crippen molar-refractivity contribution in [3.05, 3.63) is 0 Å². The number of nitrogens with zero attached hydrogens (tertiary/aromatic N) is 4. The highest BCUT2D eigenvalue weighted by molar-refractivity contribution is 5.70. The van der Waals surface area contributed by atoms with Crippen molar-refractivity contribution in [3.63, 3.8) is 0 Å². The van der Waals surface area contributed by atoms with Crippen molar-refractivity contribution in [2.75, 3.05) is 59.5 Å². The molecule has 4 aliphatic rings. The standard InChI is InChI=1S/C25H44N4O4/c1-20-24(28-18-16-26(17-19-28)12-5-7-23(30)32-2)33-25(31)29(20)13-4-3-6-21-10-14-27(15-11-21)22-8-9-22/h20-22,24H,3-19H2,1-2H3. The molecule has 3 heterocycles. The topological polar surface area (TPSA) is 65.6 Å². The quantitative estimate of drug-likeness (QED) is 0.344. The Labute approximate surface area is 199 Å². The molecule has 1 saturated carbocycles. The molecule has 0 aromatic heterocycles. The van der Waals surface area contributed by atoms with Crippen LogP contribution >= 0.6 is 0 Å². The monoisotopic (exact) mass is 464 g/mol. The number of piperidine rings is 1. The number of unbranched alkanes of at least 4 members (excludes halogenated alkanes) is 1. The van der Waals surface area contributed by atoms with Crippen LogP contribution in [-0.2, 0) is 14.3 Å². The molecule has 3 aliphatic heterocycles. The number of hydrogen-bond donors (Lipinski definition) is 0. The SMILES string of the molecule is COC(=O)CCCN1CCN(C2OC(=O)N(CCCCC3CCN(C4CC4)CC3)C2C)CC1. The molecule has 1 aliphatic carbocycles. The fourth-order valence-corrected chi connectivity index (χ4v) is 5.82. The van der Waals surface area contributed by atoms with E-state index >= 15 is 0 Å². The van der Waals surface area contributed by atoms with Crippen molar-refractivity contribution in [3.8, 4) is 0 Å². The van der Waals surface area contributed by atoms with Crippen LogP contribution in [0.4, 0.5) is 4.79 Å². The van der Waals surface area contributed by atoms with Crippen LogP contribution in [0.2, 0.25) is 0 Å². The van der Waals surface area contributed by atoms with Crippen molar-refractivity contribution >= 4 is 12.1 Å². The molecule has 0 aromatic carbocycles. The number of rotatable bonds is 11. The van der Waals surface area contributed by atoms with Gasteiger partial charge >= 0.3 is 12.1 Å².